The lowest BCUT2D eigenvalue weighted by Crippen LogP contribution is -2.50. The second kappa shape index (κ2) is 14.1. The third-order valence-corrected chi connectivity index (χ3v) is 8.37. The molecule has 2 fully saturated rings. The summed E-state index contributed by atoms with van der Waals surface area (Å²) in [7, 11) is 1.42. The van der Waals surface area contributed by atoms with Gasteiger partial charge in [0.25, 0.3) is 5.91 Å². The third-order valence-electron chi connectivity index (χ3n) is 8.13. The Hall–Kier alpha value is -5.15. The Balaban J connectivity index is 1.12. The fraction of sp³-hybridized carbons (Fsp3) is 0.367. The number of carbonyl (C=O) groups is 2. The molecule has 2 amide bonds. The molecule has 2 aromatic carbocycles. The summed E-state index contributed by atoms with van der Waals surface area (Å²) in [5.74, 6) is 0.208. The smallest absolute Gasteiger partial charge is 0.260 e. The number of amides is 2. The number of ether oxygens (including phenoxy) is 2. The van der Waals surface area contributed by atoms with E-state index >= 15 is 0 Å². The molecule has 3 N–H and O–H groups in total. The van der Waals surface area contributed by atoms with Crippen LogP contribution < -0.4 is 20.3 Å². The summed E-state index contributed by atoms with van der Waals surface area (Å²) in [6.07, 6.45) is -0.945. The van der Waals surface area contributed by atoms with Crippen LogP contribution in [0.2, 0.25) is 5.02 Å². The van der Waals surface area contributed by atoms with E-state index in [1.807, 2.05) is 18.2 Å². The Bertz CT molecular complexity index is 1790. The minimum absolute atomic E-state index is 0.104. The fourth-order valence-electron chi connectivity index (χ4n) is 5.69. The Labute approximate surface area is 273 Å². The Morgan fingerprint density at radius 1 is 1.15 bits per heavy atom. The van der Waals surface area contributed by atoms with Gasteiger partial charge in [0.05, 0.1) is 6.33 Å². The number of rotatable bonds is 10. The van der Waals surface area contributed by atoms with E-state index in [2.05, 4.69) is 52.6 Å². The van der Waals surface area contributed by atoms with Crippen LogP contribution >= 0.6 is 11.6 Å². The molecule has 0 aliphatic carbocycles. The van der Waals surface area contributed by atoms with Crippen LogP contribution in [0.3, 0.4) is 0 Å². The lowest BCUT2D eigenvalue weighted by atomic mass is 10.1. The van der Waals surface area contributed by atoms with Crippen molar-refractivity contribution in [2.75, 3.05) is 50.1 Å². The van der Waals surface area contributed by atoms with E-state index in [1.54, 1.807) is 23.1 Å². The highest BCUT2D eigenvalue weighted by Crippen LogP contribution is 2.34. The fourth-order valence-corrected chi connectivity index (χ4v) is 5.89. The summed E-state index contributed by atoms with van der Waals surface area (Å²) in [4.78, 5) is 45.2. The van der Waals surface area contributed by atoms with Crippen LogP contribution in [0.15, 0.2) is 66.3 Å². The van der Waals surface area contributed by atoms with Gasteiger partial charge in [-0.05, 0) is 35.9 Å². The number of likely N-dealkylation sites (N-methyl/N-ethyl adjacent to an activating group) is 1. The first-order chi connectivity index (χ1) is 22.9. The molecule has 0 spiro atoms. The zero-order chi connectivity index (χ0) is 32.9. The molecule has 6 rings (SSSR count). The van der Waals surface area contributed by atoms with Crippen molar-refractivity contribution < 1.29 is 24.2 Å². The average Bonchev–Trinajstić information content (AvgIpc) is 3.68. The molecule has 2 saturated heterocycles. The molecule has 244 valence electrons. The molecule has 2 aliphatic rings. The van der Waals surface area contributed by atoms with Crippen molar-refractivity contribution in [2.45, 2.75) is 31.0 Å². The van der Waals surface area contributed by atoms with E-state index in [-0.39, 0.29) is 19.1 Å². The second-order valence-corrected chi connectivity index (χ2v) is 11.3. The molecule has 16 nitrogen and oxygen atoms in total. The number of aromatic nitrogens is 4. The molecule has 0 bridgehead atoms. The van der Waals surface area contributed by atoms with Gasteiger partial charge in [-0.15, -0.1) is 0 Å². The van der Waals surface area contributed by atoms with Gasteiger partial charge in [0.1, 0.15) is 30.3 Å². The van der Waals surface area contributed by atoms with Gasteiger partial charge in [0.15, 0.2) is 29.8 Å². The number of carbonyl (C=O) groups excluding carboxylic acids is 2. The summed E-state index contributed by atoms with van der Waals surface area (Å²) < 4.78 is 13.2. The zero-order valence-electron chi connectivity index (χ0n) is 25.3. The molecular formula is C30H32ClN11O5. The summed E-state index contributed by atoms with van der Waals surface area (Å²) in [5, 5.41) is 20.6. The highest BCUT2D eigenvalue weighted by molar-refractivity contribution is 6.30. The lowest BCUT2D eigenvalue weighted by molar-refractivity contribution is -0.134. The van der Waals surface area contributed by atoms with Crippen molar-refractivity contribution in [3.63, 3.8) is 0 Å². The van der Waals surface area contributed by atoms with Crippen LogP contribution in [0.25, 0.3) is 21.6 Å². The molecule has 2 aromatic heterocycles. The molecule has 4 aromatic rings. The Kier molecular flexibility index (Phi) is 9.54. The van der Waals surface area contributed by atoms with Crippen LogP contribution in [-0.4, -0.2) is 99.4 Å². The maximum atomic E-state index is 13.0. The number of benzene rings is 2. The number of halogens is 1. The number of nitrogens with zero attached hydrogens (tertiary/aromatic N) is 9. The third kappa shape index (κ3) is 6.71. The molecule has 0 radical (unpaired) electrons. The molecule has 17 heteroatoms. The van der Waals surface area contributed by atoms with Crippen molar-refractivity contribution in [2.24, 2.45) is 5.11 Å². The van der Waals surface area contributed by atoms with Crippen LogP contribution in [0.5, 0.6) is 5.75 Å². The predicted octanol–water partition coefficient (Wildman–Crippen LogP) is 2.50. The van der Waals surface area contributed by atoms with Gasteiger partial charge in [0, 0.05) is 61.0 Å². The summed E-state index contributed by atoms with van der Waals surface area (Å²) >= 11 is 6.31. The Morgan fingerprint density at radius 3 is 2.68 bits per heavy atom. The molecular weight excluding hydrogens is 630 g/mol. The standard InChI is InChI=1S/C30H32ClN11O5/c1-33-29(45)26-23(38-39-32)25(44)30(47-26)42-17-37-24-27(35-16-36-28(24)42)34-14-18-13-19(31)7-8-21(18)46-15-22(43)41-11-9-40(10-12-41)20-5-3-2-4-6-20/h2-8,13,16-17,23,25-26,30,44H,9-12,14-15H2,1H3,(H,33,45)(H,34,35,36)/t23-,25+,26-,30+/m0/s1. The number of aliphatic hydroxyl groups excluding tert-OH is 1. The van der Waals surface area contributed by atoms with Gasteiger partial charge in [-0.1, -0.05) is 34.9 Å². The zero-order valence-corrected chi connectivity index (χ0v) is 26.1. The largest absolute Gasteiger partial charge is 0.483 e. The van der Waals surface area contributed by atoms with Crippen molar-refractivity contribution in [1.82, 2.24) is 29.7 Å². The van der Waals surface area contributed by atoms with E-state index < -0.39 is 30.4 Å². The van der Waals surface area contributed by atoms with E-state index in [9.17, 15) is 14.7 Å². The number of piperazine rings is 1. The van der Waals surface area contributed by atoms with Crippen LogP contribution in [0, 0.1) is 0 Å². The SMILES string of the molecule is CNC(=O)[C@H]1O[C@@H](n2cnc3c(NCc4cc(Cl)ccc4OCC(=O)N4CCN(c5ccccc5)CC4)ncnc32)[C@H](O)[C@@H]1N=[N+]=[N-]. The quantitative estimate of drug-likeness (QED) is 0.129. The van der Waals surface area contributed by atoms with Gasteiger partial charge >= 0.3 is 0 Å². The van der Waals surface area contributed by atoms with E-state index in [0.29, 0.717) is 46.4 Å². The van der Waals surface area contributed by atoms with Crippen LogP contribution in [-0.2, 0) is 20.9 Å². The van der Waals surface area contributed by atoms with Crippen molar-refractivity contribution in [3.05, 3.63) is 82.2 Å². The summed E-state index contributed by atoms with van der Waals surface area (Å²) in [6, 6.07) is 14.1. The highest BCUT2D eigenvalue weighted by Gasteiger charge is 2.48. The average molecular weight is 662 g/mol. The number of nitrogens with one attached hydrogen (secondary N) is 2. The van der Waals surface area contributed by atoms with Gasteiger partial charge < -0.3 is 35.0 Å². The van der Waals surface area contributed by atoms with Gasteiger partial charge in [0.2, 0.25) is 5.91 Å². The number of azide groups is 1. The van der Waals surface area contributed by atoms with Gasteiger partial charge in [-0.25, -0.2) is 15.0 Å². The Morgan fingerprint density at radius 2 is 1.94 bits per heavy atom. The van der Waals surface area contributed by atoms with Gasteiger partial charge in [-0.2, -0.15) is 0 Å². The number of hydrogen-bond acceptors (Lipinski definition) is 11. The van der Waals surface area contributed by atoms with Gasteiger partial charge in [-0.3, -0.25) is 14.2 Å². The number of anilines is 2. The monoisotopic (exact) mass is 661 g/mol. The lowest BCUT2D eigenvalue weighted by Gasteiger charge is -2.36. The molecule has 4 heterocycles. The van der Waals surface area contributed by atoms with Crippen molar-refractivity contribution in [1.29, 1.82) is 0 Å². The normalized spacial score (nSPS) is 20.9. The molecule has 0 unspecified atom stereocenters. The highest BCUT2D eigenvalue weighted by atomic mass is 35.5. The first-order valence-electron chi connectivity index (χ1n) is 14.9. The maximum Gasteiger partial charge on any atom is 0.260 e. The van der Waals surface area contributed by atoms with E-state index in [0.717, 1.165) is 18.8 Å². The maximum absolute atomic E-state index is 13.0. The van der Waals surface area contributed by atoms with Crippen molar-refractivity contribution >= 4 is 46.1 Å². The number of para-hydroxylation sites is 1. The molecule has 4 atom stereocenters. The first kappa shape index (κ1) is 31.8. The number of hydrogen-bond donors (Lipinski definition) is 3. The minimum atomic E-state index is -1.35. The van der Waals surface area contributed by atoms with Crippen molar-refractivity contribution in [3.8, 4) is 5.75 Å². The molecule has 2 aliphatic heterocycles. The first-order valence-corrected chi connectivity index (χ1v) is 15.3. The summed E-state index contributed by atoms with van der Waals surface area (Å²) in [5.41, 5.74) is 11.5. The summed E-state index contributed by atoms with van der Waals surface area (Å²) in [6.45, 7) is 2.78. The number of imidazole rings is 1. The molecule has 47 heavy (non-hydrogen) atoms. The van der Waals surface area contributed by atoms with E-state index in [1.165, 1.54) is 24.3 Å². The van der Waals surface area contributed by atoms with Crippen LogP contribution in [0.1, 0.15) is 11.8 Å². The minimum Gasteiger partial charge on any atom is -0.483 e. The second-order valence-electron chi connectivity index (χ2n) is 10.9. The number of fused-ring (bicyclic) bond motifs is 1. The molecule has 0 saturated carbocycles. The van der Waals surface area contributed by atoms with Crippen LogP contribution in [0.4, 0.5) is 11.5 Å². The number of aliphatic hydroxyl groups is 1. The topological polar surface area (TPSA) is 196 Å². The predicted molar refractivity (Wildman–Crippen MR) is 172 cm³/mol. The van der Waals surface area contributed by atoms with E-state index in [4.69, 9.17) is 26.6 Å².